The van der Waals surface area contributed by atoms with Gasteiger partial charge in [-0.2, -0.15) is 0 Å². The van der Waals surface area contributed by atoms with Crippen molar-refractivity contribution in [2.45, 2.75) is 0 Å². The molecule has 0 fully saturated rings. The second-order valence-corrected chi connectivity index (χ2v) is 1.76. The number of anilines is 1. The number of nitrogens with zero attached hydrogens (tertiary/aromatic N) is 1. The van der Waals surface area contributed by atoms with Crippen molar-refractivity contribution >= 4 is 11.8 Å². The summed E-state index contributed by atoms with van der Waals surface area (Å²) in [4.78, 5) is 13.8. The second kappa shape index (κ2) is 2.45. The van der Waals surface area contributed by atoms with Crippen LogP contribution in [0.25, 0.3) is 0 Å². The average molecular weight is 156 g/mol. The van der Waals surface area contributed by atoms with Crippen molar-refractivity contribution < 1.29 is 17.7 Å². The highest BCUT2D eigenvalue weighted by Crippen LogP contribution is 2.16. The van der Waals surface area contributed by atoms with E-state index in [-0.39, 0.29) is 5.82 Å². The third-order valence-corrected chi connectivity index (χ3v) is 0.986. The van der Waals surface area contributed by atoms with Crippen molar-refractivity contribution in [3.05, 3.63) is 17.8 Å². The van der Waals surface area contributed by atoms with E-state index in [1.54, 1.807) is 0 Å². The standard InChI is InChI=1S/C6H6N2O3/c7-5-1-3(6(10)11)4(9)2-8-5/h1-2,9H,(H2,7,8)(H,10,11)/i1D,2D. The first-order valence-electron chi connectivity index (χ1n) is 3.64. The van der Waals surface area contributed by atoms with Crippen LogP contribution in [0.1, 0.15) is 13.1 Å². The first-order valence-corrected chi connectivity index (χ1v) is 2.64. The van der Waals surface area contributed by atoms with Crippen LogP contribution in [0.3, 0.4) is 0 Å². The SMILES string of the molecule is [2H]c1nc(N)c([2H])c(C(=O)O)c1O. The number of hydrogen-bond donors (Lipinski definition) is 3. The van der Waals surface area contributed by atoms with Gasteiger partial charge in [-0.05, 0) is 6.04 Å². The molecule has 5 heteroatoms. The number of aromatic hydroxyl groups is 1. The predicted molar refractivity (Wildman–Crippen MR) is 37.3 cm³/mol. The van der Waals surface area contributed by atoms with Gasteiger partial charge in [-0.15, -0.1) is 0 Å². The van der Waals surface area contributed by atoms with Crippen LogP contribution in [-0.4, -0.2) is 21.2 Å². The summed E-state index contributed by atoms with van der Waals surface area (Å²) >= 11 is 0. The highest BCUT2D eigenvalue weighted by atomic mass is 16.4. The zero-order chi connectivity index (χ0) is 10.2. The van der Waals surface area contributed by atoms with E-state index in [2.05, 4.69) is 4.98 Å². The van der Waals surface area contributed by atoms with Crippen LogP contribution in [0.4, 0.5) is 5.82 Å². The fourth-order valence-electron chi connectivity index (χ4n) is 0.539. The molecule has 0 aliphatic heterocycles. The smallest absolute Gasteiger partial charge is 0.339 e. The molecule has 0 saturated heterocycles. The molecule has 0 unspecified atom stereocenters. The molecule has 1 heterocycles. The first-order chi connectivity index (χ1) is 5.95. The number of pyridine rings is 1. The van der Waals surface area contributed by atoms with Gasteiger partial charge in [0.05, 0.1) is 8.91 Å². The van der Waals surface area contributed by atoms with Crippen LogP contribution in [-0.2, 0) is 0 Å². The van der Waals surface area contributed by atoms with E-state index in [9.17, 15) is 4.79 Å². The lowest BCUT2D eigenvalue weighted by Crippen LogP contribution is -1.99. The molecule has 5 nitrogen and oxygen atoms in total. The highest BCUT2D eigenvalue weighted by Gasteiger charge is 2.09. The van der Waals surface area contributed by atoms with Gasteiger partial charge in [0.15, 0.2) is 0 Å². The fraction of sp³-hybridized carbons (Fsp3) is 0. The minimum Gasteiger partial charge on any atom is -0.505 e. The molecule has 0 amide bonds. The predicted octanol–water partition coefficient (Wildman–Crippen LogP) is 0.0676. The van der Waals surface area contributed by atoms with Crippen molar-refractivity contribution in [1.29, 1.82) is 0 Å². The van der Waals surface area contributed by atoms with Gasteiger partial charge in [-0.3, -0.25) is 0 Å². The number of carboxylic acids is 1. The lowest BCUT2D eigenvalue weighted by atomic mass is 10.2. The number of nitrogen functional groups attached to an aromatic ring is 1. The Balaban J connectivity index is 3.56. The number of rotatable bonds is 1. The van der Waals surface area contributed by atoms with Gasteiger partial charge in [-0.25, -0.2) is 9.78 Å². The summed E-state index contributed by atoms with van der Waals surface area (Å²) < 4.78 is 14.2. The Morgan fingerprint density at radius 2 is 2.45 bits per heavy atom. The summed E-state index contributed by atoms with van der Waals surface area (Å²) in [6.07, 6.45) is -0.647. The van der Waals surface area contributed by atoms with E-state index in [4.69, 9.17) is 18.7 Å². The monoisotopic (exact) mass is 156 g/mol. The molecule has 0 spiro atoms. The molecule has 4 N–H and O–H groups in total. The van der Waals surface area contributed by atoms with Gasteiger partial charge >= 0.3 is 5.97 Å². The van der Waals surface area contributed by atoms with Gasteiger partial charge < -0.3 is 15.9 Å². The zero-order valence-electron chi connectivity index (χ0n) is 7.33. The third-order valence-electron chi connectivity index (χ3n) is 0.986. The quantitative estimate of drug-likeness (QED) is 0.534. The lowest BCUT2D eigenvalue weighted by molar-refractivity contribution is 0.0693. The number of carboxylic acid groups (broad SMARTS) is 1. The van der Waals surface area contributed by atoms with Crippen LogP contribution in [0.5, 0.6) is 5.75 Å². The molecule has 0 saturated carbocycles. The zero-order valence-corrected chi connectivity index (χ0v) is 5.33. The third kappa shape index (κ3) is 1.37. The molecule has 0 atom stereocenters. The Kier molecular flexibility index (Phi) is 1.10. The van der Waals surface area contributed by atoms with Gasteiger partial charge in [0, 0.05) is 0 Å². The lowest BCUT2D eigenvalue weighted by Gasteiger charge is -1.98. The maximum absolute atomic E-state index is 10.5. The molecular formula is C6H6N2O3. The van der Waals surface area contributed by atoms with E-state index in [0.29, 0.717) is 0 Å². The number of aromatic nitrogens is 1. The maximum Gasteiger partial charge on any atom is 0.339 e. The minimum absolute atomic E-state index is 0.389. The summed E-state index contributed by atoms with van der Waals surface area (Å²) in [5, 5.41) is 17.6. The van der Waals surface area contributed by atoms with E-state index in [1.165, 1.54) is 0 Å². The van der Waals surface area contributed by atoms with Gasteiger partial charge in [-0.1, -0.05) is 0 Å². The van der Waals surface area contributed by atoms with Crippen molar-refractivity contribution in [2.75, 3.05) is 5.73 Å². The van der Waals surface area contributed by atoms with Gasteiger partial charge in [0.2, 0.25) is 0 Å². The number of hydrogen-bond acceptors (Lipinski definition) is 4. The summed E-state index contributed by atoms with van der Waals surface area (Å²) in [7, 11) is 0. The van der Waals surface area contributed by atoms with Crippen LogP contribution < -0.4 is 5.73 Å². The largest absolute Gasteiger partial charge is 0.505 e. The first kappa shape index (κ1) is 4.95. The Morgan fingerprint density at radius 3 is 3.00 bits per heavy atom. The molecule has 0 aliphatic carbocycles. The molecular weight excluding hydrogens is 148 g/mol. The number of aromatic carboxylic acids is 1. The molecule has 1 aromatic rings. The summed E-state index contributed by atoms with van der Waals surface area (Å²) in [6.45, 7) is 0. The van der Waals surface area contributed by atoms with Crippen LogP contribution in [0.15, 0.2) is 12.2 Å². The molecule has 1 aromatic heterocycles. The summed E-state index contributed by atoms with van der Waals surface area (Å²) in [6, 6.07) is -0.582. The molecule has 0 aromatic carbocycles. The molecule has 11 heavy (non-hydrogen) atoms. The summed E-state index contributed by atoms with van der Waals surface area (Å²) in [5.74, 6) is -2.74. The molecule has 0 bridgehead atoms. The van der Waals surface area contributed by atoms with E-state index in [1.807, 2.05) is 0 Å². The van der Waals surface area contributed by atoms with Crippen molar-refractivity contribution in [1.82, 2.24) is 4.98 Å². The van der Waals surface area contributed by atoms with Crippen LogP contribution >= 0.6 is 0 Å². The summed E-state index contributed by atoms with van der Waals surface area (Å²) in [5.41, 5.74) is 4.44. The Hall–Kier alpha value is -1.78. The second-order valence-electron chi connectivity index (χ2n) is 1.76. The normalized spacial score (nSPS) is 12.0. The van der Waals surface area contributed by atoms with Gasteiger partial charge in [0.25, 0.3) is 0 Å². The van der Waals surface area contributed by atoms with Crippen molar-refractivity contribution in [2.24, 2.45) is 0 Å². The molecule has 0 radical (unpaired) electrons. The Morgan fingerprint density at radius 1 is 1.82 bits per heavy atom. The highest BCUT2D eigenvalue weighted by molar-refractivity contribution is 5.91. The van der Waals surface area contributed by atoms with Crippen LogP contribution in [0.2, 0.25) is 0 Å². The van der Waals surface area contributed by atoms with Crippen molar-refractivity contribution in [3.63, 3.8) is 0 Å². The topological polar surface area (TPSA) is 96.4 Å². The minimum atomic E-state index is -1.51. The van der Waals surface area contributed by atoms with E-state index in [0.717, 1.165) is 0 Å². The Bertz CT molecular complexity index is 354. The number of carbonyl (C=O) groups is 1. The maximum atomic E-state index is 10.5. The number of nitrogens with two attached hydrogens (primary N) is 1. The average Bonchev–Trinajstić information content (AvgIpc) is 2.01. The Labute approximate surface area is 64.9 Å². The van der Waals surface area contributed by atoms with Crippen LogP contribution in [0, 0.1) is 0 Å². The van der Waals surface area contributed by atoms with E-state index < -0.39 is 29.5 Å². The molecule has 1 rings (SSSR count). The van der Waals surface area contributed by atoms with Crippen molar-refractivity contribution in [3.8, 4) is 5.75 Å². The van der Waals surface area contributed by atoms with Gasteiger partial charge in [0.1, 0.15) is 17.1 Å². The fourth-order valence-corrected chi connectivity index (χ4v) is 0.539. The molecule has 58 valence electrons. The molecule has 0 aliphatic rings. The van der Waals surface area contributed by atoms with E-state index >= 15 is 0 Å².